The molecule has 0 atom stereocenters. The number of hydrogen-bond acceptors (Lipinski definition) is 2. The second kappa shape index (κ2) is 5.67. The van der Waals surface area contributed by atoms with Crippen molar-refractivity contribution in [3.8, 4) is 0 Å². The van der Waals surface area contributed by atoms with Crippen molar-refractivity contribution in [2.24, 2.45) is 5.73 Å². The van der Waals surface area contributed by atoms with E-state index in [0.29, 0.717) is 16.8 Å². The molecule has 0 saturated heterocycles. The Morgan fingerprint density at radius 1 is 1.32 bits per heavy atom. The lowest BCUT2D eigenvalue weighted by atomic mass is 10.1. The van der Waals surface area contributed by atoms with Crippen LogP contribution >= 0.6 is 28.1 Å². The number of anilines is 2. The highest BCUT2D eigenvalue weighted by molar-refractivity contribution is 9.10. The van der Waals surface area contributed by atoms with E-state index in [-0.39, 0.29) is 10.8 Å². The third-order valence-corrected chi connectivity index (χ3v) is 3.58. The zero-order chi connectivity index (χ0) is 14.0. The lowest BCUT2D eigenvalue weighted by molar-refractivity contribution is 0.619. The molecule has 0 radical (unpaired) electrons. The van der Waals surface area contributed by atoms with Gasteiger partial charge in [0, 0.05) is 21.4 Å². The van der Waals surface area contributed by atoms with Gasteiger partial charge in [0.1, 0.15) is 10.8 Å². The summed E-state index contributed by atoms with van der Waals surface area (Å²) < 4.78 is 14.3. The summed E-state index contributed by atoms with van der Waals surface area (Å²) in [5.41, 5.74) is 8.42. The molecule has 2 aromatic carbocycles. The Balaban J connectivity index is 2.40. The summed E-state index contributed by atoms with van der Waals surface area (Å²) in [5.74, 6) is -0.253. The summed E-state index contributed by atoms with van der Waals surface area (Å²) in [6.07, 6.45) is 0. The molecule has 19 heavy (non-hydrogen) atoms. The quantitative estimate of drug-likeness (QED) is 0.820. The van der Waals surface area contributed by atoms with Gasteiger partial charge in [-0.05, 0) is 52.7 Å². The van der Waals surface area contributed by atoms with Crippen LogP contribution in [0.3, 0.4) is 0 Å². The summed E-state index contributed by atoms with van der Waals surface area (Å²) >= 11 is 8.44. The van der Waals surface area contributed by atoms with Crippen LogP contribution < -0.4 is 11.1 Å². The average Bonchev–Trinajstić information content (AvgIpc) is 2.33. The van der Waals surface area contributed by atoms with Gasteiger partial charge in [-0.25, -0.2) is 4.39 Å². The molecule has 0 fully saturated rings. The van der Waals surface area contributed by atoms with E-state index in [9.17, 15) is 4.39 Å². The highest BCUT2D eigenvalue weighted by Crippen LogP contribution is 2.28. The van der Waals surface area contributed by atoms with Crippen molar-refractivity contribution in [2.75, 3.05) is 5.32 Å². The summed E-state index contributed by atoms with van der Waals surface area (Å²) in [7, 11) is 0. The summed E-state index contributed by atoms with van der Waals surface area (Å²) in [5, 5.41) is 3.13. The predicted octanol–water partition coefficient (Wildman–Crippen LogP) is 4.27. The predicted molar refractivity (Wildman–Crippen MR) is 84.4 cm³/mol. The van der Waals surface area contributed by atoms with Crippen molar-refractivity contribution in [1.82, 2.24) is 0 Å². The fourth-order valence-electron chi connectivity index (χ4n) is 1.70. The lowest BCUT2D eigenvalue weighted by Crippen LogP contribution is -2.12. The molecule has 0 aliphatic carbocycles. The standard InChI is InChI=1S/C14H12BrFN2S/c1-8-5-6-9(7-11(8)16)18-12-4-2-3-10(15)13(12)14(17)19/h2-7,18H,1H3,(H2,17,19). The molecule has 98 valence electrons. The zero-order valence-electron chi connectivity index (χ0n) is 10.2. The third-order valence-electron chi connectivity index (χ3n) is 2.71. The fraction of sp³-hybridized carbons (Fsp3) is 0.0714. The first-order chi connectivity index (χ1) is 8.99. The largest absolute Gasteiger partial charge is 0.389 e. The molecule has 0 heterocycles. The van der Waals surface area contributed by atoms with Gasteiger partial charge >= 0.3 is 0 Å². The molecule has 0 amide bonds. The van der Waals surface area contributed by atoms with Crippen molar-refractivity contribution in [3.05, 3.63) is 57.8 Å². The molecular weight excluding hydrogens is 327 g/mol. The molecule has 0 aliphatic rings. The molecule has 0 bridgehead atoms. The Labute approximate surface area is 124 Å². The number of rotatable bonds is 3. The smallest absolute Gasteiger partial charge is 0.128 e. The average molecular weight is 339 g/mol. The molecule has 0 aromatic heterocycles. The molecule has 0 saturated carbocycles. The minimum Gasteiger partial charge on any atom is -0.389 e. The third kappa shape index (κ3) is 3.11. The molecule has 0 aliphatic heterocycles. The summed E-state index contributed by atoms with van der Waals surface area (Å²) in [4.78, 5) is 0.280. The van der Waals surface area contributed by atoms with Crippen molar-refractivity contribution in [3.63, 3.8) is 0 Å². The Bertz CT molecular complexity index is 643. The number of nitrogens with two attached hydrogens (primary N) is 1. The van der Waals surface area contributed by atoms with Gasteiger partial charge in [0.25, 0.3) is 0 Å². The first-order valence-corrected chi connectivity index (χ1v) is 6.80. The van der Waals surface area contributed by atoms with Gasteiger partial charge in [-0.3, -0.25) is 0 Å². The molecule has 2 nitrogen and oxygen atoms in total. The van der Waals surface area contributed by atoms with Crippen LogP contribution in [0.5, 0.6) is 0 Å². The van der Waals surface area contributed by atoms with Crippen LogP contribution in [0.15, 0.2) is 40.9 Å². The van der Waals surface area contributed by atoms with E-state index in [4.69, 9.17) is 18.0 Å². The van der Waals surface area contributed by atoms with Crippen LogP contribution in [0.4, 0.5) is 15.8 Å². The maximum Gasteiger partial charge on any atom is 0.128 e. The Morgan fingerprint density at radius 3 is 2.68 bits per heavy atom. The minimum absolute atomic E-state index is 0.253. The number of hydrogen-bond donors (Lipinski definition) is 2. The second-order valence-corrected chi connectivity index (χ2v) is 5.41. The highest BCUT2D eigenvalue weighted by Gasteiger charge is 2.10. The number of thiocarbonyl (C=S) groups is 1. The number of benzene rings is 2. The Kier molecular flexibility index (Phi) is 4.17. The fourth-order valence-corrected chi connectivity index (χ4v) is 2.64. The van der Waals surface area contributed by atoms with E-state index in [0.717, 1.165) is 10.2 Å². The molecule has 5 heteroatoms. The first-order valence-electron chi connectivity index (χ1n) is 5.60. The van der Waals surface area contributed by atoms with Crippen molar-refractivity contribution >= 4 is 44.5 Å². The van der Waals surface area contributed by atoms with Crippen LogP contribution in [0.25, 0.3) is 0 Å². The molecule has 0 spiro atoms. The first kappa shape index (κ1) is 14.0. The highest BCUT2D eigenvalue weighted by atomic mass is 79.9. The molecule has 0 unspecified atom stereocenters. The van der Waals surface area contributed by atoms with Crippen molar-refractivity contribution in [2.45, 2.75) is 6.92 Å². The number of halogens is 2. The maximum absolute atomic E-state index is 13.5. The van der Waals surface area contributed by atoms with Crippen LogP contribution in [-0.2, 0) is 0 Å². The van der Waals surface area contributed by atoms with Crippen LogP contribution in [0.2, 0.25) is 0 Å². The number of nitrogens with one attached hydrogen (secondary N) is 1. The van der Waals surface area contributed by atoms with E-state index in [2.05, 4.69) is 21.2 Å². The maximum atomic E-state index is 13.5. The molecule has 2 rings (SSSR count). The zero-order valence-corrected chi connectivity index (χ0v) is 12.6. The van der Waals surface area contributed by atoms with E-state index in [1.807, 2.05) is 24.3 Å². The van der Waals surface area contributed by atoms with Gasteiger partial charge in [-0.1, -0.05) is 24.4 Å². The topological polar surface area (TPSA) is 38.0 Å². The Hall–Kier alpha value is -1.46. The van der Waals surface area contributed by atoms with Gasteiger partial charge < -0.3 is 11.1 Å². The van der Waals surface area contributed by atoms with E-state index in [1.54, 1.807) is 13.0 Å². The van der Waals surface area contributed by atoms with E-state index in [1.165, 1.54) is 6.07 Å². The Morgan fingerprint density at radius 2 is 2.05 bits per heavy atom. The van der Waals surface area contributed by atoms with E-state index >= 15 is 0 Å². The SMILES string of the molecule is Cc1ccc(Nc2cccc(Br)c2C(N)=S)cc1F. The van der Waals surface area contributed by atoms with Crippen molar-refractivity contribution < 1.29 is 4.39 Å². The van der Waals surface area contributed by atoms with Crippen LogP contribution in [0.1, 0.15) is 11.1 Å². The summed E-state index contributed by atoms with van der Waals surface area (Å²) in [6.45, 7) is 1.72. The van der Waals surface area contributed by atoms with Gasteiger partial charge in [-0.2, -0.15) is 0 Å². The summed E-state index contributed by atoms with van der Waals surface area (Å²) in [6, 6.07) is 10.5. The van der Waals surface area contributed by atoms with Crippen LogP contribution in [0, 0.1) is 12.7 Å². The van der Waals surface area contributed by atoms with Gasteiger partial charge in [0.05, 0.1) is 0 Å². The normalized spacial score (nSPS) is 10.3. The lowest BCUT2D eigenvalue weighted by Gasteiger charge is -2.13. The molecule has 2 aromatic rings. The van der Waals surface area contributed by atoms with Gasteiger partial charge in [0.2, 0.25) is 0 Å². The van der Waals surface area contributed by atoms with Gasteiger partial charge in [-0.15, -0.1) is 0 Å². The number of aryl methyl sites for hydroxylation is 1. The molecule has 3 N–H and O–H groups in total. The monoisotopic (exact) mass is 338 g/mol. The van der Waals surface area contributed by atoms with E-state index < -0.39 is 0 Å². The van der Waals surface area contributed by atoms with Gasteiger partial charge in [0.15, 0.2) is 0 Å². The second-order valence-electron chi connectivity index (χ2n) is 4.12. The van der Waals surface area contributed by atoms with Crippen molar-refractivity contribution in [1.29, 1.82) is 0 Å². The van der Waals surface area contributed by atoms with Crippen LogP contribution in [-0.4, -0.2) is 4.99 Å². The minimum atomic E-state index is -0.253. The molecular formula is C14H12BrFN2S.